The van der Waals surface area contributed by atoms with Gasteiger partial charge in [-0.3, -0.25) is 0 Å². The summed E-state index contributed by atoms with van der Waals surface area (Å²) >= 11 is 6.74. The summed E-state index contributed by atoms with van der Waals surface area (Å²) in [5.41, 5.74) is 0.980. The molecule has 1 heterocycles. The first-order chi connectivity index (χ1) is 9.73. The van der Waals surface area contributed by atoms with E-state index in [-0.39, 0.29) is 16.9 Å². The minimum absolute atomic E-state index is 0.185. The molecule has 21 heavy (non-hydrogen) atoms. The normalized spacial score (nSPS) is 19.7. The van der Waals surface area contributed by atoms with Crippen molar-refractivity contribution in [3.8, 4) is 0 Å². The van der Waals surface area contributed by atoms with Crippen LogP contribution in [0.4, 0.5) is 0 Å². The molecule has 0 aliphatic carbocycles. The van der Waals surface area contributed by atoms with Crippen LogP contribution in [0.25, 0.3) is 0 Å². The van der Waals surface area contributed by atoms with Crippen LogP contribution in [0.1, 0.15) is 25.3 Å². The van der Waals surface area contributed by atoms with Crippen LogP contribution in [0.3, 0.4) is 0 Å². The maximum Gasteiger partial charge on any atom is 0.244 e. The van der Waals surface area contributed by atoms with E-state index in [1.807, 2.05) is 6.92 Å². The summed E-state index contributed by atoms with van der Waals surface area (Å²) in [5, 5.41) is 9.61. The molecule has 2 rings (SSSR count). The van der Waals surface area contributed by atoms with E-state index >= 15 is 0 Å². The van der Waals surface area contributed by atoms with Crippen molar-refractivity contribution >= 4 is 41.9 Å². The Morgan fingerprint density at radius 2 is 1.81 bits per heavy atom. The van der Waals surface area contributed by atoms with Crippen molar-refractivity contribution in [3.63, 3.8) is 0 Å². The maximum absolute atomic E-state index is 12.8. The molecule has 1 fully saturated rings. The molecule has 1 unspecified atom stereocenters. The molecule has 0 bridgehead atoms. The third-order valence-electron chi connectivity index (χ3n) is 4.01. The number of piperidine rings is 1. The molecule has 0 amide bonds. The second-order valence-electron chi connectivity index (χ2n) is 5.51. The highest BCUT2D eigenvalue weighted by Gasteiger charge is 2.32. The third kappa shape index (κ3) is 3.69. The summed E-state index contributed by atoms with van der Waals surface area (Å²) in [6, 6.07) is 3.45. The first-order valence-corrected chi connectivity index (χ1v) is 9.90. The first kappa shape index (κ1) is 17.4. The minimum atomic E-state index is -3.51. The lowest BCUT2D eigenvalue weighted by Crippen LogP contribution is -2.40. The molecule has 1 aliphatic rings. The zero-order chi connectivity index (χ0) is 15.8. The molecular weight excluding hydrogens is 422 g/mol. The Labute approximate surface area is 142 Å². The number of sulfonamides is 1. The number of aliphatic hydroxyl groups is 1. The zero-order valence-electron chi connectivity index (χ0n) is 12.0. The van der Waals surface area contributed by atoms with E-state index in [9.17, 15) is 13.5 Å². The lowest BCUT2D eigenvalue weighted by molar-refractivity contribution is 0.0912. The third-order valence-corrected chi connectivity index (χ3v) is 7.72. The maximum atomic E-state index is 12.8. The SMILES string of the molecule is Cc1cc(Br)c(S(=O)(=O)N2CCC(C(C)O)CC2)cc1Br. The molecule has 0 aromatic heterocycles. The van der Waals surface area contributed by atoms with Gasteiger partial charge in [0.05, 0.1) is 11.0 Å². The smallest absolute Gasteiger partial charge is 0.244 e. The fourth-order valence-electron chi connectivity index (χ4n) is 2.56. The summed E-state index contributed by atoms with van der Waals surface area (Å²) in [7, 11) is -3.51. The average Bonchev–Trinajstić information content (AvgIpc) is 2.42. The Bertz CT molecular complexity index is 623. The summed E-state index contributed by atoms with van der Waals surface area (Å²) in [4.78, 5) is 0.287. The molecule has 0 radical (unpaired) electrons. The molecule has 1 aliphatic heterocycles. The van der Waals surface area contributed by atoms with E-state index in [1.165, 1.54) is 4.31 Å². The van der Waals surface area contributed by atoms with Crippen LogP contribution in [-0.2, 0) is 10.0 Å². The number of hydrogen-bond donors (Lipinski definition) is 1. The Morgan fingerprint density at radius 3 is 2.33 bits per heavy atom. The number of aliphatic hydroxyl groups excluding tert-OH is 1. The van der Waals surface area contributed by atoms with Gasteiger partial charge in [-0.1, -0.05) is 15.9 Å². The molecule has 1 aromatic rings. The Hall–Kier alpha value is 0.0500. The van der Waals surface area contributed by atoms with Gasteiger partial charge in [0.2, 0.25) is 10.0 Å². The van der Waals surface area contributed by atoms with Crippen LogP contribution in [0.5, 0.6) is 0 Å². The van der Waals surface area contributed by atoms with Gasteiger partial charge in [-0.05, 0) is 66.2 Å². The molecular formula is C14H19Br2NO3S. The van der Waals surface area contributed by atoms with Crippen molar-refractivity contribution in [1.29, 1.82) is 0 Å². The molecule has 1 N–H and O–H groups in total. The van der Waals surface area contributed by atoms with Gasteiger partial charge in [-0.25, -0.2) is 8.42 Å². The molecule has 0 spiro atoms. The Morgan fingerprint density at radius 1 is 1.24 bits per heavy atom. The average molecular weight is 441 g/mol. The predicted molar refractivity (Wildman–Crippen MR) is 89.7 cm³/mol. The second kappa shape index (κ2) is 6.66. The standard InChI is InChI=1S/C14H19Br2NO3S/c1-9-7-13(16)14(8-12(9)15)21(19,20)17-5-3-11(4-6-17)10(2)18/h7-8,10-11,18H,3-6H2,1-2H3. The predicted octanol–water partition coefficient (Wildman–Crippen LogP) is 3.30. The van der Waals surface area contributed by atoms with Crippen LogP contribution in [0.15, 0.2) is 26.0 Å². The quantitative estimate of drug-likeness (QED) is 0.784. The van der Waals surface area contributed by atoms with E-state index in [0.29, 0.717) is 30.4 Å². The highest BCUT2D eigenvalue weighted by atomic mass is 79.9. The molecule has 1 atom stereocenters. The number of rotatable bonds is 3. The number of halogens is 2. The van der Waals surface area contributed by atoms with Gasteiger partial charge in [0.25, 0.3) is 0 Å². The van der Waals surface area contributed by atoms with Gasteiger partial charge in [0.15, 0.2) is 0 Å². The van der Waals surface area contributed by atoms with Crippen molar-refractivity contribution in [1.82, 2.24) is 4.31 Å². The van der Waals surface area contributed by atoms with Crippen LogP contribution in [0, 0.1) is 12.8 Å². The van der Waals surface area contributed by atoms with Gasteiger partial charge < -0.3 is 5.11 Å². The number of hydrogen-bond acceptors (Lipinski definition) is 3. The van der Waals surface area contributed by atoms with E-state index in [0.717, 1.165) is 10.0 Å². The van der Waals surface area contributed by atoms with Crippen LogP contribution in [-0.4, -0.2) is 37.0 Å². The van der Waals surface area contributed by atoms with Crippen LogP contribution < -0.4 is 0 Å². The van der Waals surface area contributed by atoms with Crippen molar-refractivity contribution in [2.45, 2.75) is 37.7 Å². The highest BCUT2D eigenvalue weighted by Crippen LogP contribution is 2.32. The Balaban J connectivity index is 2.26. The van der Waals surface area contributed by atoms with Gasteiger partial charge in [-0.15, -0.1) is 0 Å². The van der Waals surface area contributed by atoms with Crippen LogP contribution >= 0.6 is 31.9 Å². The first-order valence-electron chi connectivity index (χ1n) is 6.87. The molecule has 0 saturated carbocycles. The van der Waals surface area contributed by atoms with E-state index in [2.05, 4.69) is 31.9 Å². The van der Waals surface area contributed by atoms with E-state index < -0.39 is 10.0 Å². The lowest BCUT2D eigenvalue weighted by atomic mass is 9.93. The summed E-state index contributed by atoms with van der Waals surface area (Å²) < 4.78 is 28.4. The summed E-state index contributed by atoms with van der Waals surface area (Å²) in [5.74, 6) is 0.185. The second-order valence-corrected chi connectivity index (χ2v) is 9.13. The zero-order valence-corrected chi connectivity index (χ0v) is 16.0. The molecule has 1 aromatic carbocycles. The van der Waals surface area contributed by atoms with Gasteiger partial charge >= 0.3 is 0 Å². The van der Waals surface area contributed by atoms with Crippen LogP contribution in [0.2, 0.25) is 0 Å². The lowest BCUT2D eigenvalue weighted by Gasteiger charge is -2.32. The van der Waals surface area contributed by atoms with E-state index in [4.69, 9.17) is 0 Å². The topological polar surface area (TPSA) is 57.6 Å². The number of benzene rings is 1. The van der Waals surface area contributed by atoms with Crippen molar-refractivity contribution in [2.75, 3.05) is 13.1 Å². The molecule has 7 heteroatoms. The van der Waals surface area contributed by atoms with Gasteiger partial charge in [0, 0.05) is 22.0 Å². The number of aryl methyl sites for hydroxylation is 1. The largest absolute Gasteiger partial charge is 0.393 e. The summed E-state index contributed by atoms with van der Waals surface area (Å²) in [6.07, 6.45) is 1.01. The number of nitrogens with zero attached hydrogens (tertiary/aromatic N) is 1. The van der Waals surface area contributed by atoms with E-state index in [1.54, 1.807) is 19.1 Å². The van der Waals surface area contributed by atoms with Crippen molar-refractivity contribution in [3.05, 3.63) is 26.6 Å². The van der Waals surface area contributed by atoms with Crippen molar-refractivity contribution < 1.29 is 13.5 Å². The Kier molecular flexibility index (Phi) is 5.52. The molecule has 1 saturated heterocycles. The molecule has 118 valence electrons. The summed E-state index contributed by atoms with van der Waals surface area (Å²) in [6.45, 7) is 4.59. The fraction of sp³-hybridized carbons (Fsp3) is 0.571. The molecule has 4 nitrogen and oxygen atoms in total. The van der Waals surface area contributed by atoms with Crippen molar-refractivity contribution in [2.24, 2.45) is 5.92 Å². The fourth-order valence-corrected chi connectivity index (χ4v) is 5.67. The minimum Gasteiger partial charge on any atom is -0.393 e. The van der Waals surface area contributed by atoms with Gasteiger partial charge in [0.1, 0.15) is 0 Å². The van der Waals surface area contributed by atoms with Gasteiger partial charge in [-0.2, -0.15) is 4.31 Å². The highest BCUT2D eigenvalue weighted by molar-refractivity contribution is 9.11. The monoisotopic (exact) mass is 439 g/mol.